The van der Waals surface area contributed by atoms with E-state index in [1.807, 2.05) is 54.6 Å². The second-order valence-corrected chi connectivity index (χ2v) is 8.06. The fourth-order valence-corrected chi connectivity index (χ4v) is 3.81. The number of nitrogens with zero attached hydrogens (tertiary/aromatic N) is 6. The second-order valence-electron chi connectivity index (χ2n) is 8.06. The van der Waals surface area contributed by atoms with E-state index < -0.39 is 5.82 Å². The van der Waals surface area contributed by atoms with E-state index in [-0.39, 0.29) is 11.6 Å². The van der Waals surface area contributed by atoms with Gasteiger partial charge in [0.1, 0.15) is 22.9 Å². The van der Waals surface area contributed by atoms with Crippen LogP contribution in [0, 0.1) is 12.7 Å². The van der Waals surface area contributed by atoms with E-state index in [9.17, 15) is 9.18 Å². The van der Waals surface area contributed by atoms with Gasteiger partial charge in [-0.1, -0.05) is 30.3 Å². The van der Waals surface area contributed by atoms with Crippen LogP contribution in [0.5, 0.6) is 5.75 Å². The Labute approximate surface area is 206 Å². The van der Waals surface area contributed by atoms with Gasteiger partial charge in [-0.15, -0.1) is 5.10 Å². The van der Waals surface area contributed by atoms with Crippen LogP contribution in [0.25, 0.3) is 16.9 Å². The van der Waals surface area contributed by atoms with Gasteiger partial charge >= 0.3 is 0 Å². The number of amides is 1. The van der Waals surface area contributed by atoms with Crippen molar-refractivity contribution in [3.63, 3.8) is 0 Å². The molecule has 2 aromatic heterocycles. The fraction of sp³-hybridized carbons (Fsp3) is 0.115. The maximum absolute atomic E-state index is 14.5. The minimum absolute atomic E-state index is 0.130. The molecule has 2 heterocycles. The Hall–Kier alpha value is -4.86. The lowest BCUT2D eigenvalue weighted by molar-refractivity contribution is 0.102. The fourth-order valence-electron chi connectivity index (χ4n) is 3.81. The lowest BCUT2D eigenvalue weighted by Gasteiger charge is -2.09. The molecule has 0 unspecified atom stereocenters. The summed E-state index contributed by atoms with van der Waals surface area (Å²) in [6, 6.07) is 21.4. The van der Waals surface area contributed by atoms with Gasteiger partial charge in [0.2, 0.25) is 0 Å². The molecule has 0 spiro atoms. The number of nitrogens with one attached hydrogen (secondary N) is 1. The molecule has 5 rings (SSSR count). The summed E-state index contributed by atoms with van der Waals surface area (Å²) < 4.78 is 22.7. The van der Waals surface area contributed by atoms with Crippen molar-refractivity contribution < 1.29 is 13.9 Å². The molecule has 36 heavy (non-hydrogen) atoms. The third kappa shape index (κ3) is 4.69. The molecule has 9 nitrogen and oxygen atoms in total. The third-order valence-electron chi connectivity index (χ3n) is 5.61. The molecule has 0 radical (unpaired) electrons. The predicted molar refractivity (Wildman–Crippen MR) is 132 cm³/mol. The number of ether oxygens (including phenoxy) is 1. The molecule has 180 valence electrons. The van der Waals surface area contributed by atoms with Crippen LogP contribution in [0.2, 0.25) is 0 Å². The first kappa shape index (κ1) is 22.9. The van der Waals surface area contributed by atoms with Gasteiger partial charge in [-0.3, -0.25) is 9.48 Å². The molecule has 5 aromatic rings. The van der Waals surface area contributed by atoms with Crippen molar-refractivity contribution >= 4 is 11.6 Å². The molecule has 0 bridgehead atoms. The lowest BCUT2D eigenvalue weighted by atomic mass is 10.1. The van der Waals surface area contributed by atoms with E-state index >= 15 is 0 Å². The van der Waals surface area contributed by atoms with Crippen molar-refractivity contribution in [3.05, 3.63) is 102 Å². The Morgan fingerprint density at radius 2 is 1.83 bits per heavy atom. The highest BCUT2D eigenvalue weighted by atomic mass is 19.1. The average molecular weight is 484 g/mol. The number of carbonyl (C=O) groups excluding carboxylic acids is 1. The Morgan fingerprint density at radius 1 is 1.06 bits per heavy atom. The first-order valence-electron chi connectivity index (χ1n) is 11.1. The number of aryl methyl sites for hydroxylation is 1. The Morgan fingerprint density at radius 3 is 2.53 bits per heavy atom. The minimum Gasteiger partial charge on any atom is -0.497 e. The zero-order valence-corrected chi connectivity index (χ0v) is 19.6. The van der Waals surface area contributed by atoms with Gasteiger partial charge in [0, 0.05) is 17.4 Å². The van der Waals surface area contributed by atoms with Crippen LogP contribution in [0.4, 0.5) is 10.1 Å². The van der Waals surface area contributed by atoms with Crippen molar-refractivity contribution in [1.29, 1.82) is 0 Å². The number of aromatic nitrogens is 6. The van der Waals surface area contributed by atoms with E-state index in [0.717, 1.165) is 11.1 Å². The zero-order valence-electron chi connectivity index (χ0n) is 19.6. The number of halogens is 1. The normalized spacial score (nSPS) is 10.9. The number of carbonyl (C=O) groups is 1. The summed E-state index contributed by atoms with van der Waals surface area (Å²) in [5.74, 6) is 0.218. The number of hydrogen-bond donors (Lipinski definition) is 1. The van der Waals surface area contributed by atoms with E-state index in [2.05, 4.69) is 20.8 Å². The molecular formula is C26H22FN7O2. The summed E-state index contributed by atoms with van der Waals surface area (Å²) >= 11 is 0. The molecule has 0 aliphatic rings. The molecule has 3 aromatic carbocycles. The van der Waals surface area contributed by atoms with Gasteiger partial charge in [-0.2, -0.15) is 9.78 Å². The third-order valence-corrected chi connectivity index (χ3v) is 5.61. The van der Waals surface area contributed by atoms with E-state index in [1.54, 1.807) is 24.9 Å². The van der Waals surface area contributed by atoms with Crippen LogP contribution >= 0.6 is 0 Å². The van der Waals surface area contributed by atoms with Crippen LogP contribution in [0.3, 0.4) is 0 Å². The standard InChI is InChI=1S/C26H22FN7O2/c1-17-29-31-32-34(17)24-14-20(10-13-23(24)27)28-26(35)22-16-33(15-18-6-4-3-5-7-18)30-25(22)19-8-11-21(36-2)12-9-19/h3-14,16H,15H2,1-2H3,(H,28,35). The maximum Gasteiger partial charge on any atom is 0.259 e. The van der Waals surface area contributed by atoms with Gasteiger partial charge in [0.15, 0.2) is 5.82 Å². The van der Waals surface area contributed by atoms with Crippen molar-refractivity contribution in [1.82, 2.24) is 30.0 Å². The molecule has 1 amide bonds. The second kappa shape index (κ2) is 9.79. The number of benzene rings is 3. The maximum atomic E-state index is 14.5. The first-order valence-corrected chi connectivity index (χ1v) is 11.1. The first-order chi connectivity index (χ1) is 17.5. The zero-order chi connectivity index (χ0) is 25.1. The quantitative estimate of drug-likeness (QED) is 0.371. The Balaban J connectivity index is 1.49. The average Bonchev–Trinajstić information content (AvgIpc) is 3.52. The highest BCUT2D eigenvalue weighted by Crippen LogP contribution is 2.26. The molecule has 1 N–H and O–H groups in total. The molecule has 10 heteroatoms. The van der Waals surface area contributed by atoms with E-state index in [0.29, 0.717) is 35.1 Å². The van der Waals surface area contributed by atoms with Crippen molar-refractivity contribution in [2.75, 3.05) is 12.4 Å². The monoisotopic (exact) mass is 483 g/mol. The molecule has 0 saturated heterocycles. The molecule has 0 aliphatic carbocycles. The largest absolute Gasteiger partial charge is 0.497 e. The smallest absolute Gasteiger partial charge is 0.259 e. The molecule has 0 atom stereocenters. The van der Waals surface area contributed by atoms with Crippen LogP contribution in [-0.4, -0.2) is 43.0 Å². The van der Waals surface area contributed by atoms with Crippen molar-refractivity contribution in [3.8, 4) is 22.7 Å². The molecule has 0 fully saturated rings. The molecule has 0 saturated carbocycles. The Bertz CT molecular complexity index is 1510. The number of hydrogen-bond acceptors (Lipinski definition) is 6. The van der Waals surface area contributed by atoms with E-state index in [4.69, 9.17) is 9.84 Å². The topological polar surface area (TPSA) is 99.8 Å². The predicted octanol–water partition coefficient (Wildman–Crippen LogP) is 4.28. The highest BCUT2D eigenvalue weighted by Gasteiger charge is 2.20. The van der Waals surface area contributed by atoms with Gasteiger partial charge in [-0.25, -0.2) is 4.39 Å². The van der Waals surface area contributed by atoms with Crippen molar-refractivity contribution in [2.45, 2.75) is 13.5 Å². The number of methoxy groups -OCH3 is 1. The number of anilines is 1. The summed E-state index contributed by atoms with van der Waals surface area (Å²) in [5.41, 5.74) is 3.23. The van der Waals surface area contributed by atoms with E-state index in [1.165, 1.54) is 22.9 Å². The van der Waals surface area contributed by atoms with Crippen LogP contribution in [0.15, 0.2) is 79.0 Å². The van der Waals surface area contributed by atoms with Crippen LogP contribution < -0.4 is 10.1 Å². The summed E-state index contributed by atoms with van der Waals surface area (Å²) in [6.07, 6.45) is 1.71. The number of rotatable bonds is 7. The summed E-state index contributed by atoms with van der Waals surface area (Å²) in [7, 11) is 1.59. The van der Waals surface area contributed by atoms with Gasteiger partial charge < -0.3 is 10.1 Å². The summed E-state index contributed by atoms with van der Waals surface area (Å²) in [4.78, 5) is 13.4. The Kier molecular flexibility index (Phi) is 6.23. The lowest BCUT2D eigenvalue weighted by Crippen LogP contribution is -2.13. The molecular weight excluding hydrogens is 461 g/mol. The minimum atomic E-state index is -0.516. The van der Waals surface area contributed by atoms with Crippen molar-refractivity contribution in [2.24, 2.45) is 0 Å². The van der Waals surface area contributed by atoms with Gasteiger partial charge in [-0.05, 0) is 65.4 Å². The van der Waals surface area contributed by atoms with Crippen LogP contribution in [0.1, 0.15) is 21.7 Å². The summed E-state index contributed by atoms with van der Waals surface area (Å²) in [5, 5.41) is 18.7. The van der Waals surface area contributed by atoms with Crippen LogP contribution in [-0.2, 0) is 6.54 Å². The molecule has 0 aliphatic heterocycles. The summed E-state index contributed by atoms with van der Waals surface area (Å²) in [6.45, 7) is 2.16. The van der Waals surface area contributed by atoms with Gasteiger partial charge in [0.25, 0.3) is 5.91 Å². The SMILES string of the molecule is COc1ccc(-c2nn(Cc3ccccc3)cc2C(=O)Nc2ccc(F)c(-n3nnnc3C)c2)cc1. The number of tetrazole rings is 1. The highest BCUT2D eigenvalue weighted by molar-refractivity contribution is 6.08. The van der Waals surface area contributed by atoms with Gasteiger partial charge in [0.05, 0.1) is 19.2 Å².